The van der Waals surface area contributed by atoms with Gasteiger partial charge < -0.3 is 10.4 Å². The van der Waals surface area contributed by atoms with Gasteiger partial charge in [0.05, 0.1) is 6.10 Å². The fourth-order valence-electron chi connectivity index (χ4n) is 5.62. The highest BCUT2D eigenvalue weighted by Gasteiger charge is 2.50. The molecule has 0 saturated heterocycles. The molecule has 20 heavy (non-hydrogen) atoms. The predicted octanol–water partition coefficient (Wildman–Crippen LogP) is 3.04. The molecule has 4 saturated carbocycles. The second kappa shape index (κ2) is 4.71. The van der Waals surface area contributed by atoms with E-state index in [1.54, 1.807) is 0 Å². The lowest BCUT2D eigenvalue weighted by atomic mass is 9.53. The van der Waals surface area contributed by atoms with Crippen LogP contribution in [0.15, 0.2) is 23.8 Å². The van der Waals surface area contributed by atoms with Gasteiger partial charge in [0.15, 0.2) is 0 Å². The Bertz CT molecular complexity index is 415. The summed E-state index contributed by atoms with van der Waals surface area (Å²) >= 11 is 0. The molecule has 110 valence electrons. The summed E-state index contributed by atoms with van der Waals surface area (Å²) in [7, 11) is 0. The van der Waals surface area contributed by atoms with Crippen molar-refractivity contribution in [2.45, 2.75) is 57.1 Å². The summed E-state index contributed by atoms with van der Waals surface area (Å²) in [4.78, 5) is 0. The van der Waals surface area contributed by atoms with Crippen molar-refractivity contribution in [3.8, 4) is 0 Å². The molecule has 5 aliphatic rings. The van der Waals surface area contributed by atoms with Crippen LogP contribution in [0.1, 0.15) is 45.4 Å². The zero-order chi connectivity index (χ0) is 13.7. The quantitative estimate of drug-likeness (QED) is 0.828. The maximum Gasteiger partial charge on any atom is 0.0784 e. The first kappa shape index (κ1) is 13.1. The van der Waals surface area contributed by atoms with Crippen LogP contribution in [0.3, 0.4) is 0 Å². The summed E-state index contributed by atoms with van der Waals surface area (Å²) in [5, 5.41) is 13.7. The molecule has 2 nitrogen and oxygen atoms in total. The molecular formula is C18H27NO. The highest BCUT2D eigenvalue weighted by atomic mass is 16.3. The summed E-state index contributed by atoms with van der Waals surface area (Å²) in [5.74, 6) is 3.27. The minimum atomic E-state index is -0.293. The standard InChI is InChI=1S/C18H27NO/c1-12-4-13(2-3-17(12)20)11-19-18-8-14-5-15(9-18)7-16(6-14)10-18/h2-4,12,14-17,19-20H,5-11H2,1H3/t12-,14?,15?,16?,17?,18?/m1/s1. The number of aliphatic hydroxyl groups is 1. The average Bonchev–Trinajstić information content (AvgIpc) is 2.39. The van der Waals surface area contributed by atoms with Gasteiger partial charge in [-0.2, -0.15) is 0 Å². The molecule has 0 heterocycles. The molecule has 4 bridgehead atoms. The molecule has 4 fully saturated rings. The second-order valence-corrected chi connectivity index (χ2v) is 8.00. The summed E-state index contributed by atoms with van der Waals surface area (Å²) < 4.78 is 0. The van der Waals surface area contributed by atoms with E-state index in [-0.39, 0.29) is 12.0 Å². The highest BCUT2D eigenvalue weighted by molar-refractivity contribution is 5.27. The minimum Gasteiger partial charge on any atom is -0.388 e. The van der Waals surface area contributed by atoms with Gasteiger partial charge in [-0.05, 0) is 61.9 Å². The van der Waals surface area contributed by atoms with Crippen LogP contribution in [0, 0.1) is 23.7 Å². The second-order valence-electron chi connectivity index (χ2n) is 8.00. The Kier molecular flexibility index (Phi) is 3.08. The molecular weight excluding hydrogens is 246 g/mol. The highest BCUT2D eigenvalue weighted by Crippen LogP contribution is 2.55. The van der Waals surface area contributed by atoms with Gasteiger partial charge in [-0.25, -0.2) is 0 Å². The van der Waals surface area contributed by atoms with Crippen LogP contribution in [0.4, 0.5) is 0 Å². The molecule has 2 heteroatoms. The summed E-state index contributed by atoms with van der Waals surface area (Å²) in [6.45, 7) is 3.08. The van der Waals surface area contributed by atoms with Gasteiger partial charge in [0, 0.05) is 18.0 Å². The molecule has 1 unspecified atom stereocenters. The molecule has 5 aliphatic carbocycles. The first-order valence-electron chi connectivity index (χ1n) is 8.44. The van der Waals surface area contributed by atoms with Crippen molar-refractivity contribution in [1.29, 1.82) is 0 Å². The van der Waals surface area contributed by atoms with E-state index in [1.807, 2.05) is 6.08 Å². The van der Waals surface area contributed by atoms with Crippen LogP contribution >= 0.6 is 0 Å². The Morgan fingerprint density at radius 1 is 1.15 bits per heavy atom. The van der Waals surface area contributed by atoms with Crippen molar-refractivity contribution in [3.05, 3.63) is 23.8 Å². The Morgan fingerprint density at radius 3 is 2.30 bits per heavy atom. The summed E-state index contributed by atoms with van der Waals surface area (Å²) in [6, 6.07) is 0. The van der Waals surface area contributed by atoms with Crippen molar-refractivity contribution in [3.63, 3.8) is 0 Å². The molecule has 0 aliphatic heterocycles. The van der Waals surface area contributed by atoms with E-state index < -0.39 is 0 Å². The van der Waals surface area contributed by atoms with E-state index in [9.17, 15) is 5.11 Å². The van der Waals surface area contributed by atoms with Crippen molar-refractivity contribution in [1.82, 2.24) is 5.32 Å². The first-order valence-corrected chi connectivity index (χ1v) is 8.44. The third-order valence-electron chi connectivity index (χ3n) is 6.23. The molecule has 0 aromatic heterocycles. The summed E-state index contributed by atoms with van der Waals surface area (Å²) in [6.07, 6.45) is 14.7. The van der Waals surface area contributed by atoms with E-state index in [0.29, 0.717) is 5.54 Å². The van der Waals surface area contributed by atoms with Gasteiger partial charge in [-0.1, -0.05) is 25.2 Å². The number of hydrogen-bond acceptors (Lipinski definition) is 2. The normalized spacial score (nSPS) is 49.5. The minimum absolute atomic E-state index is 0.258. The van der Waals surface area contributed by atoms with Gasteiger partial charge in [0.1, 0.15) is 0 Å². The van der Waals surface area contributed by atoms with Gasteiger partial charge in [0.25, 0.3) is 0 Å². The maximum absolute atomic E-state index is 9.74. The van der Waals surface area contributed by atoms with Gasteiger partial charge in [-0.15, -0.1) is 0 Å². The van der Waals surface area contributed by atoms with E-state index in [0.717, 1.165) is 24.3 Å². The number of nitrogens with one attached hydrogen (secondary N) is 1. The Morgan fingerprint density at radius 2 is 1.75 bits per heavy atom. The Hall–Kier alpha value is -0.600. The van der Waals surface area contributed by atoms with Crippen molar-refractivity contribution in [2.24, 2.45) is 23.7 Å². The van der Waals surface area contributed by atoms with Crippen molar-refractivity contribution in [2.75, 3.05) is 6.54 Å². The van der Waals surface area contributed by atoms with Crippen molar-refractivity contribution < 1.29 is 5.11 Å². The predicted molar refractivity (Wildman–Crippen MR) is 81.3 cm³/mol. The number of rotatable bonds is 3. The van der Waals surface area contributed by atoms with E-state index in [4.69, 9.17) is 0 Å². The van der Waals surface area contributed by atoms with Gasteiger partial charge >= 0.3 is 0 Å². The number of hydrogen-bond donors (Lipinski definition) is 2. The fourth-order valence-corrected chi connectivity index (χ4v) is 5.62. The average molecular weight is 273 g/mol. The molecule has 5 rings (SSSR count). The molecule has 0 aromatic carbocycles. The largest absolute Gasteiger partial charge is 0.388 e. The van der Waals surface area contributed by atoms with E-state index in [1.165, 1.54) is 44.1 Å². The molecule has 0 aromatic rings. The fraction of sp³-hybridized carbons (Fsp3) is 0.778. The van der Waals surface area contributed by atoms with Crippen LogP contribution < -0.4 is 5.32 Å². The third-order valence-corrected chi connectivity index (χ3v) is 6.23. The van der Waals surface area contributed by atoms with E-state index >= 15 is 0 Å². The smallest absolute Gasteiger partial charge is 0.0784 e. The van der Waals surface area contributed by atoms with E-state index in [2.05, 4.69) is 24.4 Å². The van der Waals surface area contributed by atoms with Crippen LogP contribution in [0.2, 0.25) is 0 Å². The monoisotopic (exact) mass is 273 g/mol. The van der Waals surface area contributed by atoms with Crippen molar-refractivity contribution >= 4 is 0 Å². The lowest BCUT2D eigenvalue weighted by Crippen LogP contribution is -2.58. The lowest BCUT2D eigenvalue weighted by molar-refractivity contribution is -0.0181. The van der Waals surface area contributed by atoms with Crippen LogP contribution in [0.25, 0.3) is 0 Å². The van der Waals surface area contributed by atoms with Crippen LogP contribution in [-0.4, -0.2) is 23.3 Å². The molecule has 0 spiro atoms. The number of aliphatic hydroxyl groups excluding tert-OH is 1. The zero-order valence-electron chi connectivity index (χ0n) is 12.5. The summed E-state index contributed by atoms with van der Waals surface area (Å²) in [5.41, 5.74) is 1.81. The SMILES string of the molecule is C[C@@H]1C=C(CNC23CC4CC(CC(C4)C2)C3)C=CC1O. The zero-order valence-corrected chi connectivity index (χ0v) is 12.5. The molecule has 0 radical (unpaired) electrons. The third kappa shape index (κ3) is 2.27. The van der Waals surface area contributed by atoms with Crippen LogP contribution in [-0.2, 0) is 0 Å². The Labute approximate surface area is 122 Å². The lowest BCUT2D eigenvalue weighted by Gasteiger charge is -2.57. The molecule has 0 amide bonds. The first-order chi connectivity index (χ1) is 9.62. The Balaban J connectivity index is 1.42. The molecule has 2 atom stereocenters. The van der Waals surface area contributed by atoms with Gasteiger partial charge in [0.2, 0.25) is 0 Å². The van der Waals surface area contributed by atoms with Crippen LogP contribution in [0.5, 0.6) is 0 Å². The molecule has 2 N–H and O–H groups in total. The van der Waals surface area contributed by atoms with Gasteiger partial charge in [-0.3, -0.25) is 0 Å². The maximum atomic E-state index is 9.74. The topological polar surface area (TPSA) is 32.3 Å².